The summed E-state index contributed by atoms with van der Waals surface area (Å²) in [5.74, 6) is 0.598. The number of non-ortho nitro benzene ring substituents is 1. The van der Waals surface area contributed by atoms with Gasteiger partial charge in [0, 0.05) is 35.4 Å². The Morgan fingerprint density at radius 3 is 2.52 bits per heavy atom. The summed E-state index contributed by atoms with van der Waals surface area (Å²) in [6, 6.07) is 7.47. The van der Waals surface area contributed by atoms with Crippen molar-refractivity contribution >= 4 is 50.5 Å². The van der Waals surface area contributed by atoms with Crippen LogP contribution in [0.25, 0.3) is 0 Å². The van der Waals surface area contributed by atoms with Crippen LogP contribution in [0.2, 0.25) is 10.0 Å². The van der Waals surface area contributed by atoms with Crippen LogP contribution < -0.4 is 10.1 Å². The summed E-state index contributed by atoms with van der Waals surface area (Å²) in [5, 5.41) is 14.5. The Bertz CT molecular complexity index is 710. The fourth-order valence-corrected chi connectivity index (χ4v) is 2.43. The molecule has 0 aromatic heterocycles. The number of nitro benzene ring substituents is 1. The molecule has 5 nitrogen and oxygen atoms in total. The minimum atomic E-state index is -0.496. The average Bonchev–Trinajstić information content (AvgIpc) is 2.44. The molecule has 2 aromatic carbocycles. The largest absolute Gasteiger partial charge is 0.455 e. The molecule has 0 atom stereocenters. The molecule has 110 valence electrons. The van der Waals surface area contributed by atoms with Crippen LogP contribution in [0.4, 0.5) is 11.4 Å². The molecule has 8 heteroatoms. The lowest BCUT2D eigenvalue weighted by molar-refractivity contribution is -0.384. The normalized spacial score (nSPS) is 10.3. The third-order valence-electron chi connectivity index (χ3n) is 2.59. The molecule has 0 bridgehead atoms. The summed E-state index contributed by atoms with van der Waals surface area (Å²) in [5.41, 5.74) is 0.467. The minimum Gasteiger partial charge on any atom is -0.455 e. The Kier molecular flexibility index (Phi) is 4.92. The van der Waals surface area contributed by atoms with Gasteiger partial charge in [-0.15, -0.1) is 0 Å². The molecule has 0 amide bonds. The van der Waals surface area contributed by atoms with Crippen molar-refractivity contribution in [3.8, 4) is 11.5 Å². The minimum absolute atomic E-state index is 0.0869. The third kappa shape index (κ3) is 3.78. The number of nitrogens with one attached hydrogen (secondary N) is 1. The van der Waals surface area contributed by atoms with E-state index in [0.717, 1.165) is 0 Å². The molecule has 0 aliphatic heterocycles. The van der Waals surface area contributed by atoms with Gasteiger partial charge < -0.3 is 10.1 Å². The van der Waals surface area contributed by atoms with Gasteiger partial charge in [-0.3, -0.25) is 10.1 Å². The van der Waals surface area contributed by atoms with Crippen LogP contribution in [-0.2, 0) is 0 Å². The standard InChI is InChI=1S/C13H9BrCl2N2O3/c1-17-7-2-8(18(19)20)4-9(3-7)21-13-6-11(15)10(14)5-12(13)16/h2-6,17H,1H3. The molecule has 0 unspecified atom stereocenters. The predicted octanol–water partition coefficient (Wildman–Crippen LogP) is 5.50. The number of halogens is 3. The van der Waals surface area contributed by atoms with Crippen molar-refractivity contribution in [3.63, 3.8) is 0 Å². The van der Waals surface area contributed by atoms with E-state index in [-0.39, 0.29) is 11.4 Å². The maximum Gasteiger partial charge on any atom is 0.275 e. The highest BCUT2D eigenvalue weighted by atomic mass is 79.9. The van der Waals surface area contributed by atoms with Gasteiger partial charge in [-0.05, 0) is 22.0 Å². The fourth-order valence-electron chi connectivity index (χ4n) is 1.60. The molecule has 0 fully saturated rings. The SMILES string of the molecule is CNc1cc(Oc2cc(Cl)c(Br)cc2Cl)cc([N+](=O)[O-])c1. The third-order valence-corrected chi connectivity index (χ3v) is 4.09. The molecular formula is C13H9BrCl2N2O3. The number of anilines is 1. The molecule has 0 saturated carbocycles. The quantitative estimate of drug-likeness (QED) is 0.424. The van der Waals surface area contributed by atoms with E-state index < -0.39 is 4.92 Å². The van der Waals surface area contributed by atoms with Crippen LogP contribution in [0.1, 0.15) is 0 Å². The highest BCUT2D eigenvalue weighted by molar-refractivity contribution is 9.10. The fraction of sp³-hybridized carbons (Fsp3) is 0.0769. The van der Waals surface area contributed by atoms with E-state index in [9.17, 15) is 10.1 Å². The van der Waals surface area contributed by atoms with E-state index in [2.05, 4.69) is 21.2 Å². The van der Waals surface area contributed by atoms with Crippen LogP contribution in [0.3, 0.4) is 0 Å². The summed E-state index contributed by atoms with van der Waals surface area (Å²) in [4.78, 5) is 10.4. The summed E-state index contributed by atoms with van der Waals surface area (Å²) in [6.45, 7) is 0. The Balaban J connectivity index is 2.41. The summed E-state index contributed by atoms with van der Waals surface area (Å²) in [6.07, 6.45) is 0. The molecule has 21 heavy (non-hydrogen) atoms. The van der Waals surface area contributed by atoms with Gasteiger partial charge in [0.25, 0.3) is 5.69 Å². The molecule has 0 saturated heterocycles. The van der Waals surface area contributed by atoms with Crippen LogP contribution in [0, 0.1) is 10.1 Å². The lowest BCUT2D eigenvalue weighted by Gasteiger charge is -2.10. The van der Waals surface area contributed by atoms with Crippen LogP contribution in [0.5, 0.6) is 11.5 Å². The number of ether oxygens (including phenoxy) is 1. The van der Waals surface area contributed by atoms with Crippen molar-refractivity contribution in [2.45, 2.75) is 0 Å². The number of benzene rings is 2. The van der Waals surface area contributed by atoms with Gasteiger partial charge in [-0.2, -0.15) is 0 Å². The number of nitro groups is 1. The van der Waals surface area contributed by atoms with Crippen molar-refractivity contribution in [2.75, 3.05) is 12.4 Å². The van der Waals surface area contributed by atoms with Crippen LogP contribution in [0.15, 0.2) is 34.8 Å². The Labute approximate surface area is 139 Å². The first-order valence-corrected chi connectivity index (χ1v) is 7.25. The van der Waals surface area contributed by atoms with Gasteiger partial charge in [-0.25, -0.2) is 0 Å². The molecule has 2 rings (SSSR count). The second-order valence-corrected chi connectivity index (χ2v) is 5.69. The molecule has 0 radical (unpaired) electrons. The molecule has 0 spiro atoms. The second-order valence-electron chi connectivity index (χ2n) is 4.02. The highest BCUT2D eigenvalue weighted by Gasteiger charge is 2.13. The highest BCUT2D eigenvalue weighted by Crippen LogP contribution is 2.37. The number of hydrogen-bond donors (Lipinski definition) is 1. The van der Waals surface area contributed by atoms with E-state index in [0.29, 0.717) is 26.0 Å². The van der Waals surface area contributed by atoms with Crippen molar-refractivity contribution in [1.82, 2.24) is 0 Å². The van der Waals surface area contributed by atoms with Gasteiger partial charge in [0.1, 0.15) is 11.5 Å². The Hall–Kier alpha value is -1.50. The van der Waals surface area contributed by atoms with Gasteiger partial charge in [0.2, 0.25) is 0 Å². The Morgan fingerprint density at radius 2 is 1.90 bits per heavy atom. The van der Waals surface area contributed by atoms with Crippen molar-refractivity contribution < 1.29 is 9.66 Å². The van der Waals surface area contributed by atoms with E-state index in [4.69, 9.17) is 27.9 Å². The number of hydrogen-bond acceptors (Lipinski definition) is 4. The molecule has 2 aromatic rings. The van der Waals surface area contributed by atoms with E-state index in [1.807, 2.05) is 0 Å². The number of rotatable bonds is 4. The second kappa shape index (κ2) is 6.51. The van der Waals surface area contributed by atoms with Crippen molar-refractivity contribution in [2.24, 2.45) is 0 Å². The lowest BCUT2D eigenvalue weighted by Crippen LogP contribution is -1.94. The first-order chi connectivity index (χ1) is 9.90. The van der Waals surface area contributed by atoms with E-state index >= 15 is 0 Å². The maximum atomic E-state index is 10.9. The monoisotopic (exact) mass is 390 g/mol. The zero-order chi connectivity index (χ0) is 15.6. The Morgan fingerprint density at radius 1 is 1.19 bits per heavy atom. The predicted molar refractivity (Wildman–Crippen MR) is 86.9 cm³/mol. The zero-order valence-electron chi connectivity index (χ0n) is 10.7. The molecule has 0 aliphatic rings. The van der Waals surface area contributed by atoms with Gasteiger partial charge in [0.15, 0.2) is 0 Å². The van der Waals surface area contributed by atoms with Crippen molar-refractivity contribution in [3.05, 3.63) is 55.0 Å². The van der Waals surface area contributed by atoms with Crippen LogP contribution in [-0.4, -0.2) is 12.0 Å². The first-order valence-electron chi connectivity index (χ1n) is 5.70. The van der Waals surface area contributed by atoms with Gasteiger partial charge in [0.05, 0.1) is 21.0 Å². The summed E-state index contributed by atoms with van der Waals surface area (Å²) < 4.78 is 6.23. The first kappa shape index (κ1) is 15.9. The summed E-state index contributed by atoms with van der Waals surface area (Å²) in [7, 11) is 1.66. The maximum absolute atomic E-state index is 10.9. The van der Waals surface area contributed by atoms with Gasteiger partial charge >= 0.3 is 0 Å². The average molecular weight is 392 g/mol. The zero-order valence-corrected chi connectivity index (χ0v) is 13.8. The molecular weight excluding hydrogens is 383 g/mol. The van der Waals surface area contributed by atoms with Gasteiger partial charge in [-0.1, -0.05) is 23.2 Å². The molecule has 0 heterocycles. The molecule has 1 N–H and O–H groups in total. The van der Waals surface area contributed by atoms with E-state index in [1.54, 1.807) is 19.2 Å². The topological polar surface area (TPSA) is 64.4 Å². The number of nitrogens with zero attached hydrogens (tertiary/aromatic N) is 1. The van der Waals surface area contributed by atoms with E-state index in [1.165, 1.54) is 18.2 Å². The van der Waals surface area contributed by atoms with Crippen molar-refractivity contribution in [1.29, 1.82) is 0 Å². The summed E-state index contributed by atoms with van der Waals surface area (Å²) >= 11 is 15.3. The molecule has 0 aliphatic carbocycles. The lowest BCUT2D eigenvalue weighted by atomic mass is 10.2. The smallest absolute Gasteiger partial charge is 0.275 e. The van der Waals surface area contributed by atoms with Crippen LogP contribution >= 0.6 is 39.1 Å².